The maximum atomic E-state index is 12.5. The minimum Gasteiger partial charge on any atom is -0.465 e. The van der Waals surface area contributed by atoms with Crippen LogP contribution in [0.15, 0.2) is 54.6 Å². The van der Waals surface area contributed by atoms with Crippen molar-refractivity contribution in [3.8, 4) is 5.69 Å². The van der Waals surface area contributed by atoms with E-state index in [9.17, 15) is 9.59 Å². The second-order valence-electron chi connectivity index (χ2n) is 5.59. The molecule has 0 spiro atoms. The van der Waals surface area contributed by atoms with Crippen LogP contribution in [0.5, 0.6) is 0 Å². The van der Waals surface area contributed by atoms with Crippen molar-refractivity contribution in [2.45, 2.75) is 6.92 Å². The summed E-state index contributed by atoms with van der Waals surface area (Å²) in [6.45, 7) is 1.84. The van der Waals surface area contributed by atoms with Crippen LogP contribution in [0, 0.1) is 6.92 Å². The van der Waals surface area contributed by atoms with E-state index in [1.54, 1.807) is 47.1 Å². The minimum absolute atomic E-state index is 0.315. The Bertz CT molecular complexity index is 964. The Kier molecular flexibility index (Phi) is 5.04. The molecule has 1 heterocycles. The normalized spacial score (nSPS) is 10.4. The first kappa shape index (κ1) is 17.7. The van der Waals surface area contributed by atoms with Crippen LogP contribution in [0.3, 0.4) is 0 Å². The Morgan fingerprint density at radius 2 is 1.77 bits per heavy atom. The molecule has 0 saturated carbocycles. The molecule has 1 aromatic heterocycles. The van der Waals surface area contributed by atoms with Crippen molar-refractivity contribution in [1.29, 1.82) is 0 Å². The number of benzene rings is 2. The second-order valence-corrected chi connectivity index (χ2v) is 6.02. The van der Waals surface area contributed by atoms with Gasteiger partial charge >= 0.3 is 5.97 Å². The molecule has 0 bridgehead atoms. The first-order chi connectivity index (χ1) is 12.5. The number of hydrogen-bond donors (Lipinski definition) is 1. The highest BCUT2D eigenvalue weighted by atomic mass is 35.5. The first-order valence-electron chi connectivity index (χ1n) is 7.80. The number of aryl methyl sites for hydroxylation is 1. The molecule has 0 fully saturated rings. The average Bonchev–Trinajstić information content (AvgIpc) is 3.01. The molecule has 26 heavy (non-hydrogen) atoms. The SMILES string of the molecule is COC(=O)c1ccc(C(=O)Nc2cc(C)nn2-c2cccc(Cl)c2)cc1. The van der Waals surface area contributed by atoms with Gasteiger partial charge in [0.2, 0.25) is 0 Å². The maximum absolute atomic E-state index is 12.5. The molecule has 1 N–H and O–H groups in total. The number of hydrogen-bond acceptors (Lipinski definition) is 4. The van der Waals surface area contributed by atoms with Crippen molar-refractivity contribution >= 4 is 29.3 Å². The molecule has 2 aromatic carbocycles. The molecular weight excluding hydrogens is 354 g/mol. The lowest BCUT2D eigenvalue weighted by molar-refractivity contribution is 0.0600. The smallest absolute Gasteiger partial charge is 0.337 e. The number of methoxy groups -OCH3 is 1. The molecule has 6 nitrogen and oxygen atoms in total. The van der Waals surface area contributed by atoms with Crippen LogP contribution in [0.1, 0.15) is 26.4 Å². The van der Waals surface area contributed by atoms with Crippen LogP contribution < -0.4 is 5.32 Å². The topological polar surface area (TPSA) is 73.2 Å². The van der Waals surface area contributed by atoms with Gasteiger partial charge in [0.25, 0.3) is 5.91 Å². The van der Waals surface area contributed by atoms with E-state index < -0.39 is 5.97 Å². The molecule has 0 radical (unpaired) electrons. The number of esters is 1. The lowest BCUT2D eigenvalue weighted by Crippen LogP contribution is -2.15. The van der Waals surface area contributed by atoms with Gasteiger partial charge in [-0.1, -0.05) is 17.7 Å². The van der Waals surface area contributed by atoms with E-state index >= 15 is 0 Å². The summed E-state index contributed by atoms with van der Waals surface area (Å²) in [5.74, 6) is -0.247. The summed E-state index contributed by atoms with van der Waals surface area (Å²) in [5, 5.41) is 7.81. The van der Waals surface area contributed by atoms with Gasteiger partial charge in [-0.05, 0) is 49.4 Å². The zero-order valence-corrected chi connectivity index (χ0v) is 14.9. The van der Waals surface area contributed by atoms with Crippen LogP contribution >= 0.6 is 11.6 Å². The quantitative estimate of drug-likeness (QED) is 0.708. The Morgan fingerprint density at radius 3 is 2.42 bits per heavy atom. The third-order valence-corrected chi connectivity index (χ3v) is 3.93. The fourth-order valence-electron chi connectivity index (χ4n) is 2.46. The fourth-order valence-corrected chi connectivity index (χ4v) is 2.64. The number of aromatic nitrogens is 2. The van der Waals surface area contributed by atoms with E-state index in [0.29, 0.717) is 22.0 Å². The van der Waals surface area contributed by atoms with Gasteiger partial charge < -0.3 is 10.1 Å². The highest BCUT2D eigenvalue weighted by Crippen LogP contribution is 2.21. The molecule has 132 valence electrons. The minimum atomic E-state index is -0.452. The predicted octanol–water partition coefficient (Wildman–Crippen LogP) is 3.87. The lowest BCUT2D eigenvalue weighted by atomic mass is 10.1. The summed E-state index contributed by atoms with van der Waals surface area (Å²) in [4.78, 5) is 24.0. The number of amides is 1. The molecule has 0 saturated heterocycles. The third kappa shape index (κ3) is 3.75. The first-order valence-corrected chi connectivity index (χ1v) is 8.18. The molecule has 3 aromatic rings. The molecule has 0 aliphatic carbocycles. The average molecular weight is 370 g/mol. The number of nitrogens with zero attached hydrogens (tertiary/aromatic N) is 2. The third-order valence-electron chi connectivity index (χ3n) is 3.69. The Labute approximate surface area is 155 Å². The molecule has 0 aliphatic heterocycles. The highest BCUT2D eigenvalue weighted by molar-refractivity contribution is 6.30. The zero-order valence-electron chi connectivity index (χ0n) is 14.2. The summed E-state index contributed by atoms with van der Waals surface area (Å²) in [5.41, 5.74) is 2.28. The Balaban J connectivity index is 1.85. The number of ether oxygens (including phenoxy) is 1. The van der Waals surface area contributed by atoms with Crippen LogP contribution in [0.2, 0.25) is 5.02 Å². The van der Waals surface area contributed by atoms with Crippen molar-refractivity contribution in [2.75, 3.05) is 12.4 Å². The zero-order chi connectivity index (χ0) is 18.7. The maximum Gasteiger partial charge on any atom is 0.337 e. The summed E-state index contributed by atoms with van der Waals surface area (Å²) in [7, 11) is 1.31. The van der Waals surface area contributed by atoms with E-state index in [1.165, 1.54) is 7.11 Å². The van der Waals surface area contributed by atoms with Gasteiger partial charge in [-0.2, -0.15) is 5.10 Å². The van der Waals surface area contributed by atoms with Crippen LogP contribution in [0.4, 0.5) is 5.82 Å². The number of anilines is 1. The van der Waals surface area contributed by atoms with E-state index in [-0.39, 0.29) is 5.91 Å². The van der Waals surface area contributed by atoms with E-state index in [1.807, 2.05) is 19.1 Å². The van der Waals surface area contributed by atoms with Crippen LogP contribution in [-0.2, 0) is 4.74 Å². The number of carbonyl (C=O) groups excluding carboxylic acids is 2. The van der Waals surface area contributed by atoms with Gasteiger partial charge in [-0.25, -0.2) is 9.48 Å². The molecule has 0 atom stereocenters. The van der Waals surface area contributed by atoms with Crippen molar-refractivity contribution < 1.29 is 14.3 Å². The molecular formula is C19H16ClN3O3. The monoisotopic (exact) mass is 369 g/mol. The Hall–Kier alpha value is -3.12. The van der Waals surface area contributed by atoms with Crippen LogP contribution in [-0.4, -0.2) is 28.8 Å². The number of rotatable bonds is 4. The lowest BCUT2D eigenvalue weighted by Gasteiger charge is -2.09. The summed E-state index contributed by atoms with van der Waals surface area (Å²) >= 11 is 6.04. The summed E-state index contributed by atoms with van der Waals surface area (Å²) in [6, 6.07) is 15.2. The number of carbonyl (C=O) groups is 2. The Morgan fingerprint density at radius 1 is 1.08 bits per heavy atom. The highest BCUT2D eigenvalue weighted by Gasteiger charge is 2.14. The van der Waals surface area contributed by atoms with E-state index in [4.69, 9.17) is 11.6 Å². The second kappa shape index (κ2) is 7.41. The molecule has 1 amide bonds. The van der Waals surface area contributed by atoms with Crippen molar-refractivity contribution in [3.63, 3.8) is 0 Å². The number of nitrogens with one attached hydrogen (secondary N) is 1. The van der Waals surface area contributed by atoms with Crippen molar-refractivity contribution in [1.82, 2.24) is 9.78 Å². The van der Waals surface area contributed by atoms with E-state index in [0.717, 1.165) is 11.4 Å². The molecule has 3 rings (SSSR count). The van der Waals surface area contributed by atoms with E-state index in [2.05, 4.69) is 15.2 Å². The molecule has 7 heteroatoms. The van der Waals surface area contributed by atoms with Gasteiger partial charge in [0, 0.05) is 16.7 Å². The predicted molar refractivity (Wildman–Crippen MR) is 99.0 cm³/mol. The van der Waals surface area contributed by atoms with Crippen molar-refractivity contribution in [2.24, 2.45) is 0 Å². The van der Waals surface area contributed by atoms with Gasteiger partial charge in [0.15, 0.2) is 0 Å². The largest absolute Gasteiger partial charge is 0.465 e. The van der Waals surface area contributed by atoms with Gasteiger partial charge in [0.1, 0.15) is 5.82 Å². The van der Waals surface area contributed by atoms with Crippen molar-refractivity contribution in [3.05, 3.63) is 76.4 Å². The molecule has 0 unspecified atom stereocenters. The standard InChI is InChI=1S/C19H16ClN3O3/c1-12-10-17(23(22-12)16-5-3-4-15(20)11-16)21-18(24)13-6-8-14(9-7-13)19(25)26-2/h3-11H,1-2H3,(H,21,24). The van der Waals surface area contributed by atoms with Gasteiger partial charge in [-0.15, -0.1) is 0 Å². The summed E-state index contributed by atoms with van der Waals surface area (Å²) in [6.07, 6.45) is 0. The summed E-state index contributed by atoms with van der Waals surface area (Å²) < 4.78 is 6.26. The van der Waals surface area contributed by atoms with Gasteiger partial charge in [-0.3, -0.25) is 4.79 Å². The van der Waals surface area contributed by atoms with Crippen LogP contribution in [0.25, 0.3) is 5.69 Å². The fraction of sp³-hybridized carbons (Fsp3) is 0.105. The number of halogens is 1. The van der Waals surface area contributed by atoms with Gasteiger partial charge in [0.05, 0.1) is 24.1 Å². The molecule has 0 aliphatic rings.